The molecule has 0 saturated heterocycles. The Morgan fingerprint density at radius 3 is 2.45 bits per heavy atom. The summed E-state index contributed by atoms with van der Waals surface area (Å²) in [5.74, 6) is -2.32. The maximum absolute atomic E-state index is 13.7. The van der Waals surface area contributed by atoms with Crippen molar-refractivity contribution in [2.24, 2.45) is 0 Å². The van der Waals surface area contributed by atoms with Crippen LogP contribution in [0.1, 0.15) is 28.7 Å². The van der Waals surface area contributed by atoms with Crippen LogP contribution < -0.4 is 0 Å². The SMILES string of the molecule is CCn1nc(C)cc1CC(=O)c1c(F)cc(Br)cc1F. The van der Waals surface area contributed by atoms with E-state index in [1.54, 1.807) is 17.7 Å². The van der Waals surface area contributed by atoms with E-state index in [0.717, 1.165) is 17.8 Å². The molecule has 0 saturated carbocycles. The standard InChI is InChI=1S/C14H13BrF2N2O/c1-3-19-10(4-8(2)18-19)7-13(20)14-11(16)5-9(15)6-12(14)17/h4-6H,3,7H2,1-2H3. The zero-order valence-electron chi connectivity index (χ0n) is 11.1. The molecule has 1 heterocycles. The van der Waals surface area contributed by atoms with Gasteiger partial charge in [0.05, 0.1) is 17.7 Å². The lowest BCUT2D eigenvalue weighted by Crippen LogP contribution is -2.13. The number of hydrogen-bond acceptors (Lipinski definition) is 2. The second kappa shape index (κ2) is 5.83. The molecule has 106 valence electrons. The first kappa shape index (κ1) is 14.8. The minimum Gasteiger partial charge on any atom is -0.294 e. The zero-order valence-corrected chi connectivity index (χ0v) is 12.7. The molecule has 0 atom stereocenters. The van der Waals surface area contributed by atoms with E-state index < -0.39 is 23.0 Å². The molecule has 20 heavy (non-hydrogen) atoms. The molecular weight excluding hydrogens is 330 g/mol. The van der Waals surface area contributed by atoms with Crippen molar-refractivity contribution in [3.05, 3.63) is 51.3 Å². The van der Waals surface area contributed by atoms with E-state index in [4.69, 9.17) is 0 Å². The third kappa shape index (κ3) is 2.95. The first-order chi connectivity index (χ1) is 9.42. The largest absolute Gasteiger partial charge is 0.294 e. The maximum atomic E-state index is 13.7. The Morgan fingerprint density at radius 2 is 1.90 bits per heavy atom. The highest BCUT2D eigenvalue weighted by Gasteiger charge is 2.20. The molecule has 1 aromatic carbocycles. The second-order valence-corrected chi connectivity index (χ2v) is 5.35. The number of ketones is 1. The third-order valence-corrected chi connectivity index (χ3v) is 3.37. The van der Waals surface area contributed by atoms with Crippen LogP contribution in [0.4, 0.5) is 8.78 Å². The van der Waals surface area contributed by atoms with Crippen molar-refractivity contribution in [1.82, 2.24) is 9.78 Å². The third-order valence-electron chi connectivity index (χ3n) is 2.91. The van der Waals surface area contributed by atoms with Gasteiger partial charge >= 0.3 is 0 Å². The highest BCUT2D eigenvalue weighted by Crippen LogP contribution is 2.21. The van der Waals surface area contributed by atoms with Crippen LogP contribution in [0.15, 0.2) is 22.7 Å². The summed E-state index contributed by atoms with van der Waals surface area (Å²) in [6.45, 7) is 4.30. The molecule has 2 rings (SSSR count). The average molecular weight is 343 g/mol. The first-order valence-electron chi connectivity index (χ1n) is 6.13. The van der Waals surface area contributed by atoms with Crippen LogP contribution in [-0.4, -0.2) is 15.6 Å². The number of aryl methyl sites for hydroxylation is 2. The average Bonchev–Trinajstić information content (AvgIpc) is 2.67. The summed E-state index contributed by atoms with van der Waals surface area (Å²) in [7, 11) is 0. The fourth-order valence-electron chi connectivity index (χ4n) is 2.08. The molecule has 0 bridgehead atoms. The molecule has 1 aromatic heterocycles. The Bertz CT molecular complexity index is 644. The Morgan fingerprint density at radius 1 is 1.30 bits per heavy atom. The van der Waals surface area contributed by atoms with Crippen molar-refractivity contribution in [2.75, 3.05) is 0 Å². The van der Waals surface area contributed by atoms with Crippen molar-refractivity contribution in [3.63, 3.8) is 0 Å². The highest BCUT2D eigenvalue weighted by atomic mass is 79.9. The highest BCUT2D eigenvalue weighted by molar-refractivity contribution is 9.10. The summed E-state index contributed by atoms with van der Waals surface area (Å²) >= 11 is 2.98. The number of rotatable bonds is 4. The van der Waals surface area contributed by atoms with Crippen LogP contribution in [0.25, 0.3) is 0 Å². The number of nitrogens with zero attached hydrogens (tertiary/aromatic N) is 2. The van der Waals surface area contributed by atoms with Crippen molar-refractivity contribution < 1.29 is 13.6 Å². The van der Waals surface area contributed by atoms with E-state index >= 15 is 0 Å². The summed E-state index contributed by atoms with van der Waals surface area (Å²) < 4.78 is 29.4. The Hall–Kier alpha value is -1.56. The number of halogens is 3. The quantitative estimate of drug-likeness (QED) is 0.794. The van der Waals surface area contributed by atoms with Gasteiger partial charge in [-0.05, 0) is 32.0 Å². The van der Waals surface area contributed by atoms with E-state index in [9.17, 15) is 13.6 Å². The van der Waals surface area contributed by atoms with Gasteiger partial charge in [0.2, 0.25) is 0 Å². The Labute approximate surface area is 123 Å². The van der Waals surface area contributed by atoms with Gasteiger partial charge in [-0.1, -0.05) is 15.9 Å². The monoisotopic (exact) mass is 342 g/mol. The van der Waals surface area contributed by atoms with Crippen LogP contribution >= 0.6 is 15.9 Å². The van der Waals surface area contributed by atoms with Gasteiger partial charge in [0.1, 0.15) is 11.6 Å². The van der Waals surface area contributed by atoms with E-state index in [1.807, 2.05) is 6.92 Å². The van der Waals surface area contributed by atoms with Crippen LogP contribution in [0, 0.1) is 18.6 Å². The maximum Gasteiger partial charge on any atom is 0.174 e. The molecule has 0 aliphatic rings. The van der Waals surface area contributed by atoms with Crippen molar-refractivity contribution in [1.29, 1.82) is 0 Å². The lowest BCUT2D eigenvalue weighted by Gasteiger charge is -2.06. The molecule has 0 aliphatic heterocycles. The van der Waals surface area contributed by atoms with Crippen LogP contribution in [-0.2, 0) is 13.0 Å². The summed E-state index contributed by atoms with van der Waals surface area (Å²) in [5.41, 5.74) is 0.915. The van der Waals surface area contributed by atoms with Crippen LogP contribution in [0.2, 0.25) is 0 Å². The molecule has 0 amide bonds. The van der Waals surface area contributed by atoms with Gasteiger partial charge < -0.3 is 0 Å². The van der Waals surface area contributed by atoms with Crippen molar-refractivity contribution in [3.8, 4) is 0 Å². The molecule has 3 nitrogen and oxygen atoms in total. The van der Waals surface area contributed by atoms with Crippen LogP contribution in [0.5, 0.6) is 0 Å². The van der Waals surface area contributed by atoms with Gasteiger partial charge in [0, 0.05) is 16.7 Å². The number of carbonyl (C=O) groups excluding carboxylic acids is 1. The van der Waals surface area contributed by atoms with E-state index in [-0.39, 0.29) is 10.9 Å². The predicted molar refractivity (Wildman–Crippen MR) is 74.7 cm³/mol. The molecule has 2 aromatic rings. The number of Topliss-reactive ketones (excluding diaryl/α,β-unsaturated/α-hetero) is 1. The topological polar surface area (TPSA) is 34.9 Å². The lowest BCUT2D eigenvalue weighted by molar-refractivity contribution is 0.0982. The normalized spacial score (nSPS) is 10.8. The Balaban J connectivity index is 2.33. The molecule has 0 radical (unpaired) electrons. The zero-order chi connectivity index (χ0) is 14.9. The van der Waals surface area contributed by atoms with Crippen LogP contribution in [0.3, 0.4) is 0 Å². The fourth-order valence-corrected chi connectivity index (χ4v) is 2.48. The van der Waals surface area contributed by atoms with Gasteiger partial charge in [-0.15, -0.1) is 0 Å². The molecular formula is C14H13BrF2N2O. The first-order valence-corrected chi connectivity index (χ1v) is 6.92. The number of carbonyl (C=O) groups is 1. The van der Waals surface area contributed by atoms with Gasteiger partial charge in [0.15, 0.2) is 5.78 Å². The number of benzene rings is 1. The summed E-state index contributed by atoms with van der Waals surface area (Å²) in [6.07, 6.45) is -0.0792. The minimum absolute atomic E-state index is 0.0792. The van der Waals surface area contributed by atoms with Gasteiger partial charge in [-0.2, -0.15) is 5.10 Å². The Kier molecular flexibility index (Phi) is 4.32. The molecule has 6 heteroatoms. The number of hydrogen-bond donors (Lipinski definition) is 0. The fraction of sp³-hybridized carbons (Fsp3) is 0.286. The van der Waals surface area contributed by atoms with Gasteiger partial charge in [-0.3, -0.25) is 9.48 Å². The van der Waals surface area contributed by atoms with E-state index in [0.29, 0.717) is 12.2 Å². The molecule has 0 spiro atoms. The van der Waals surface area contributed by atoms with Crippen molar-refractivity contribution >= 4 is 21.7 Å². The van der Waals surface area contributed by atoms with Gasteiger partial charge in [-0.25, -0.2) is 8.78 Å². The van der Waals surface area contributed by atoms with Gasteiger partial charge in [0.25, 0.3) is 0 Å². The lowest BCUT2D eigenvalue weighted by atomic mass is 10.1. The molecule has 0 fully saturated rings. The summed E-state index contributed by atoms with van der Waals surface area (Å²) in [4.78, 5) is 12.1. The molecule has 0 aliphatic carbocycles. The summed E-state index contributed by atoms with van der Waals surface area (Å²) in [6, 6.07) is 3.91. The number of aromatic nitrogens is 2. The van der Waals surface area contributed by atoms with E-state index in [2.05, 4.69) is 21.0 Å². The molecule has 0 unspecified atom stereocenters. The smallest absolute Gasteiger partial charge is 0.174 e. The minimum atomic E-state index is -0.860. The predicted octanol–water partition coefficient (Wildman–Crippen LogP) is 3.68. The summed E-state index contributed by atoms with van der Waals surface area (Å²) in [5, 5.41) is 4.20. The second-order valence-electron chi connectivity index (χ2n) is 4.44. The molecule has 0 N–H and O–H groups in total. The van der Waals surface area contributed by atoms with Crippen molar-refractivity contribution in [2.45, 2.75) is 26.8 Å². The van der Waals surface area contributed by atoms with E-state index in [1.165, 1.54) is 0 Å².